The fourth-order valence-electron chi connectivity index (χ4n) is 4.09. The molecule has 0 unspecified atom stereocenters. The summed E-state index contributed by atoms with van der Waals surface area (Å²) >= 11 is 1.32. The van der Waals surface area contributed by atoms with Gasteiger partial charge in [-0.15, -0.1) is 0 Å². The van der Waals surface area contributed by atoms with Gasteiger partial charge in [-0.1, -0.05) is 23.9 Å². The van der Waals surface area contributed by atoms with Gasteiger partial charge in [-0.2, -0.15) is 0 Å². The zero-order valence-corrected chi connectivity index (χ0v) is 18.7. The molecule has 1 atom stereocenters. The molecular formula is C23H27N3O3S. The molecule has 3 aromatic rings. The van der Waals surface area contributed by atoms with Crippen LogP contribution in [0.1, 0.15) is 53.6 Å². The zero-order valence-electron chi connectivity index (χ0n) is 17.8. The van der Waals surface area contributed by atoms with Crippen LogP contribution in [0.5, 0.6) is 0 Å². The first-order valence-electron chi connectivity index (χ1n) is 10.3. The van der Waals surface area contributed by atoms with Gasteiger partial charge in [0, 0.05) is 30.1 Å². The van der Waals surface area contributed by atoms with E-state index in [1.807, 2.05) is 38.1 Å². The first kappa shape index (κ1) is 20.9. The maximum Gasteiger partial charge on any atom is 0.262 e. The van der Waals surface area contributed by atoms with E-state index in [4.69, 9.17) is 9.72 Å². The largest absolute Gasteiger partial charge is 0.383 e. The normalized spacial score (nSPS) is 14.9. The fraction of sp³-hybridized carbons (Fsp3) is 0.435. The summed E-state index contributed by atoms with van der Waals surface area (Å²) in [6.45, 7) is 6.40. The van der Waals surface area contributed by atoms with Crippen molar-refractivity contribution >= 4 is 28.4 Å². The minimum absolute atomic E-state index is 0.0633. The van der Waals surface area contributed by atoms with Gasteiger partial charge >= 0.3 is 0 Å². The third-order valence-electron chi connectivity index (χ3n) is 5.65. The maximum atomic E-state index is 13.1. The van der Waals surface area contributed by atoms with Gasteiger partial charge in [0.15, 0.2) is 10.9 Å². The summed E-state index contributed by atoms with van der Waals surface area (Å²) < 4.78 is 9.20. The zero-order chi connectivity index (χ0) is 21.4. The lowest BCUT2D eigenvalue weighted by Gasteiger charge is -2.18. The third-order valence-corrected chi connectivity index (χ3v) is 6.61. The molecular weight excluding hydrogens is 398 g/mol. The highest BCUT2D eigenvalue weighted by Gasteiger charge is 2.28. The first-order chi connectivity index (χ1) is 14.4. The number of rotatable bonds is 8. The molecule has 2 heterocycles. The third kappa shape index (κ3) is 3.84. The van der Waals surface area contributed by atoms with Crippen LogP contribution in [0.3, 0.4) is 0 Å². The Morgan fingerprint density at radius 3 is 2.73 bits per heavy atom. The fourth-order valence-corrected chi connectivity index (χ4v) is 5.07. The quantitative estimate of drug-likeness (QED) is 0.305. The molecule has 0 amide bonds. The highest BCUT2D eigenvalue weighted by Crippen LogP contribution is 2.38. The number of carbonyl (C=O) groups is 1. The molecule has 30 heavy (non-hydrogen) atoms. The molecule has 1 aliphatic rings. The van der Waals surface area contributed by atoms with Crippen LogP contribution in [0.4, 0.5) is 0 Å². The molecule has 4 rings (SSSR count). The second kappa shape index (κ2) is 8.40. The van der Waals surface area contributed by atoms with E-state index < -0.39 is 0 Å². The Morgan fingerprint density at radius 1 is 1.30 bits per heavy atom. The SMILES string of the molecule is COC[C@@H](C)n1c(SCC(=O)c2cc(C)n(C3CC3)c2C)nc2ccccc2c1=O. The van der Waals surface area contributed by atoms with Crippen molar-refractivity contribution in [1.82, 2.24) is 14.1 Å². The van der Waals surface area contributed by atoms with E-state index in [0.717, 1.165) is 17.0 Å². The molecule has 1 fully saturated rings. The molecule has 7 heteroatoms. The number of carbonyl (C=O) groups excluding carboxylic acids is 1. The van der Waals surface area contributed by atoms with E-state index in [1.54, 1.807) is 17.7 Å². The molecule has 1 saturated carbocycles. The molecule has 0 spiro atoms. The maximum absolute atomic E-state index is 13.1. The summed E-state index contributed by atoms with van der Waals surface area (Å²) in [5, 5.41) is 1.12. The highest BCUT2D eigenvalue weighted by molar-refractivity contribution is 7.99. The van der Waals surface area contributed by atoms with E-state index in [0.29, 0.717) is 28.7 Å². The lowest BCUT2D eigenvalue weighted by atomic mass is 10.2. The topological polar surface area (TPSA) is 66.1 Å². The van der Waals surface area contributed by atoms with Crippen molar-refractivity contribution in [3.05, 3.63) is 57.6 Å². The Balaban J connectivity index is 1.65. The number of ketones is 1. The van der Waals surface area contributed by atoms with Crippen molar-refractivity contribution in [2.24, 2.45) is 0 Å². The highest BCUT2D eigenvalue weighted by atomic mass is 32.2. The van der Waals surface area contributed by atoms with Gasteiger partial charge in [-0.05, 0) is 51.8 Å². The van der Waals surface area contributed by atoms with E-state index in [-0.39, 0.29) is 23.1 Å². The van der Waals surface area contributed by atoms with Crippen molar-refractivity contribution in [2.45, 2.75) is 50.9 Å². The van der Waals surface area contributed by atoms with Crippen molar-refractivity contribution in [3.8, 4) is 0 Å². The molecule has 0 aliphatic heterocycles. The Hall–Kier alpha value is -2.38. The number of hydrogen-bond donors (Lipinski definition) is 0. The molecule has 1 aromatic carbocycles. The van der Waals surface area contributed by atoms with Gasteiger partial charge < -0.3 is 9.30 Å². The molecule has 1 aliphatic carbocycles. The lowest BCUT2D eigenvalue weighted by Crippen LogP contribution is -2.28. The minimum Gasteiger partial charge on any atom is -0.383 e. The van der Waals surface area contributed by atoms with Gasteiger partial charge in [0.05, 0.1) is 29.3 Å². The van der Waals surface area contributed by atoms with E-state index in [9.17, 15) is 9.59 Å². The van der Waals surface area contributed by atoms with Crippen LogP contribution in [0, 0.1) is 13.8 Å². The Kier molecular flexibility index (Phi) is 5.84. The minimum atomic E-state index is -0.183. The van der Waals surface area contributed by atoms with E-state index >= 15 is 0 Å². The van der Waals surface area contributed by atoms with Gasteiger partial charge in [0.2, 0.25) is 0 Å². The number of nitrogens with zero attached hydrogens (tertiary/aromatic N) is 3. The van der Waals surface area contributed by atoms with Crippen LogP contribution in [-0.2, 0) is 4.74 Å². The number of hydrogen-bond acceptors (Lipinski definition) is 5. The van der Waals surface area contributed by atoms with Crippen molar-refractivity contribution < 1.29 is 9.53 Å². The van der Waals surface area contributed by atoms with Gasteiger partial charge in [0.25, 0.3) is 5.56 Å². The summed E-state index contributed by atoms with van der Waals surface area (Å²) in [6.07, 6.45) is 2.37. The Morgan fingerprint density at radius 2 is 2.03 bits per heavy atom. The molecule has 158 valence electrons. The predicted molar refractivity (Wildman–Crippen MR) is 120 cm³/mol. The Bertz CT molecular complexity index is 1160. The number of para-hydroxylation sites is 1. The summed E-state index contributed by atoms with van der Waals surface area (Å²) in [5.74, 6) is 0.299. The molecule has 6 nitrogen and oxygen atoms in total. The number of Topliss-reactive ketones (excluding diaryl/α,β-unsaturated/α-hetero) is 1. The predicted octanol–water partition coefficient (Wildman–Crippen LogP) is 4.33. The smallest absolute Gasteiger partial charge is 0.262 e. The lowest BCUT2D eigenvalue weighted by molar-refractivity contribution is 0.102. The van der Waals surface area contributed by atoms with Crippen LogP contribution in [0.15, 0.2) is 40.3 Å². The van der Waals surface area contributed by atoms with Gasteiger partial charge in [-0.3, -0.25) is 14.2 Å². The number of methoxy groups -OCH3 is 1. The number of fused-ring (bicyclic) bond motifs is 1. The van der Waals surface area contributed by atoms with Crippen LogP contribution < -0.4 is 5.56 Å². The average Bonchev–Trinajstić information content (AvgIpc) is 3.50. The first-order valence-corrected chi connectivity index (χ1v) is 11.3. The van der Waals surface area contributed by atoms with Crippen molar-refractivity contribution in [1.29, 1.82) is 0 Å². The van der Waals surface area contributed by atoms with Crippen LogP contribution in [-0.4, -0.2) is 39.4 Å². The number of ether oxygens (including phenoxy) is 1. The second-order valence-corrected chi connectivity index (χ2v) is 8.93. The van der Waals surface area contributed by atoms with Gasteiger partial charge in [-0.25, -0.2) is 4.98 Å². The second-order valence-electron chi connectivity index (χ2n) is 7.99. The average molecular weight is 426 g/mol. The Labute approximate surface area is 180 Å². The van der Waals surface area contributed by atoms with E-state index in [1.165, 1.54) is 24.6 Å². The van der Waals surface area contributed by atoms with Gasteiger partial charge in [0.1, 0.15) is 0 Å². The van der Waals surface area contributed by atoms with Crippen LogP contribution in [0.2, 0.25) is 0 Å². The van der Waals surface area contributed by atoms with E-state index in [2.05, 4.69) is 11.5 Å². The molecule has 0 bridgehead atoms. The molecule has 2 aromatic heterocycles. The van der Waals surface area contributed by atoms with Crippen molar-refractivity contribution in [3.63, 3.8) is 0 Å². The molecule has 0 N–H and O–H groups in total. The van der Waals surface area contributed by atoms with Crippen LogP contribution >= 0.6 is 11.8 Å². The molecule has 0 radical (unpaired) electrons. The number of aromatic nitrogens is 3. The number of thioether (sulfide) groups is 1. The standard InChI is InChI=1S/C23H27N3O3S/c1-14-11-19(16(3)25(14)17-9-10-17)21(27)13-30-23-24-20-8-6-5-7-18(20)22(28)26(23)15(2)12-29-4/h5-8,11,15,17H,9-10,12-13H2,1-4H3/t15-/m1/s1. The summed E-state index contributed by atoms with van der Waals surface area (Å²) in [6, 6.07) is 9.67. The monoisotopic (exact) mass is 425 g/mol. The summed E-state index contributed by atoms with van der Waals surface area (Å²) in [5.41, 5.74) is 3.48. The number of benzene rings is 1. The van der Waals surface area contributed by atoms with Crippen molar-refractivity contribution in [2.75, 3.05) is 19.5 Å². The number of aryl methyl sites for hydroxylation is 1. The molecule has 0 saturated heterocycles. The summed E-state index contributed by atoms with van der Waals surface area (Å²) in [4.78, 5) is 30.9. The van der Waals surface area contributed by atoms with Crippen LogP contribution in [0.25, 0.3) is 10.9 Å². The summed E-state index contributed by atoms with van der Waals surface area (Å²) in [7, 11) is 1.61.